The Hall–Kier alpha value is -1.75. The topological polar surface area (TPSA) is 38.8 Å². The van der Waals surface area contributed by atoms with E-state index in [1.807, 2.05) is 19.0 Å². The molecule has 1 amide bonds. The van der Waals surface area contributed by atoms with Crippen LogP contribution in [-0.4, -0.2) is 64.7 Å². The third-order valence-electron chi connectivity index (χ3n) is 3.67. The van der Waals surface area contributed by atoms with Crippen LogP contribution in [0, 0.1) is 0 Å². The molecule has 1 aliphatic heterocycles. The lowest BCUT2D eigenvalue weighted by Gasteiger charge is -2.36. The number of hydrogen-bond acceptors (Lipinski definition) is 4. The van der Waals surface area contributed by atoms with Crippen molar-refractivity contribution in [2.24, 2.45) is 0 Å². The fourth-order valence-electron chi connectivity index (χ4n) is 2.44. The maximum absolute atomic E-state index is 11.8. The highest BCUT2D eigenvalue weighted by Gasteiger charge is 2.20. The highest BCUT2D eigenvalue weighted by Crippen LogP contribution is 2.22. The fourth-order valence-corrected chi connectivity index (χ4v) is 2.44. The minimum Gasteiger partial charge on any atom is -0.378 e. The molecular weight excluding hydrogens is 252 g/mol. The number of carbonyl (C=O) groups is 1. The van der Waals surface area contributed by atoms with E-state index in [9.17, 15) is 4.79 Å². The molecule has 1 N–H and O–H groups in total. The van der Waals surface area contributed by atoms with Crippen molar-refractivity contribution < 1.29 is 4.79 Å². The highest BCUT2D eigenvalue weighted by molar-refractivity contribution is 5.78. The Morgan fingerprint density at radius 2 is 1.95 bits per heavy atom. The first-order valence-corrected chi connectivity index (χ1v) is 7.06. The van der Waals surface area contributed by atoms with Crippen molar-refractivity contribution in [3.05, 3.63) is 24.3 Å². The fraction of sp³-hybridized carbons (Fsp3) is 0.533. The van der Waals surface area contributed by atoms with E-state index < -0.39 is 0 Å². The number of benzene rings is 1. The zero-order valence-electron chi connectivity index (χ0n) is 12.6. The standard InChI is InChI=1S/C15H24N4O/c1-16-12-15(20)19-9-7-18(8-10-19)14-6-4-5-13(11-14)17(2)3/h4-6,11,16H,7-10,12H2,1-3H3. The summed E-state index contributed by atoms with van der Waals surface area (Å²) in [6, 6.07) is 8.53. The molecule has 1 aromatic carbocycles. The number of piperazine rings is 1. The van der Waals surface area contributed by atoms with E-state index >= 15 is 0 Å². The van der Waals surface area contributed by atoms with Gasteiger partial charge in [0.2, 0.25) is 5.91 Å². The number of carbonyl (C=O) groups excluding carboxylic acids is 1. The average Bonchev–Trinajstić information content (AvgIpc) is 2.48. The Morgan fingerprint density at radius 1 is 1.25 bits per heavy atom. The molecule has 1 fully saturated rings. The predicted octanol–water partition coefficient (Wildman–Crippen LogP) is 0.621. The molecule has 0 unspecified atom stereocenters. The van der Waals surface area contributed by atoms with E-state index in [0.29, 0.717) is 6.54 Å². The molecular formula is C15H24N4O. The summed E-state index contributed by atoms with van der Waals surface area (Å²) in [5, 5.41) is 2.92. The molecule has 0 atom stereocenters. The van der Waals surface area contributed by atoms with Gasteiger partial charge in [-0.15, -0.1) is 0 Å². The van der Waals surface area contributed by atoms with Crippen molar-refractivity contribution in [1.29, 1.82) is 0 Å². The lowest BCUT2D eigenvalue weighted by molar-refractivity contribution is -0.130. The molecule has 20 heavy (non-hydrogen) atoms. The van der Waals surface area contributed by atoms with Gasteiger partial charge < -0.3 is 20.0 Å². The van der Waals surface area contributed by atoms with E-state index in [1.165, 1.54) is 11.4 Å². The summed E-state index contributed by atoms with van der Waals surface area (Å²) >= 11 is 0. The first kappa shape index (κ1) is 14.7. The van der Waals surface area contributed by atoms with E-state index in [1.54, 1.807) is 7.05 Å². The number of nitrogens with zero attached hydrogens (tertiary/aromatic N) is 3. The summed E-state index contributed by atoms with van der Waals surface area (Å²) in [6.07, 6.45) is 0. The molecule has 0 saturated carbocycles. The van der Waals surface area contributed by atoms with E-state index in [4.69, 9.17) is 0 Å². The van der Waals surface area contributed by atoms with E-state index in [2.05, 4.69) is 39.4 Å². The molecule has 1 saturated heterocycles. The van der Waals surface area contributed by atoms with Gasteiger partial charge in [-0.1, -0.05) is 6.07 Å². The van der Waals surface area contributed by atoms with Crippen LogP contribution in [0.3, 0.4) is 0 Å². The highest BCUT2D eigenvalue weighted by atomic mass is 16.2. The van der Waals surface area contributed by atoms with E-state index in [-0.39, 0.29) is 5.91 Å². The van der Waals surface area contributed by atoms with Crippen LogP contribution in [0.4, 0.5) is 11.4 Å². The number of anilines is 2. The largest absolute Gasteiger partial charge is 0.378 e. The Morgan fingerprint density at radius 3 is 2.55 bits per heavy atom. The van der Waals surface area contributed by atoms with Gasteiger partial charge in [-0.05, 0) is 25.2 Å². The molecule has 0 aromatic heterocycles. The Balaban J connectivity index is 1.97. The van der Waals surface area contributed by atoms with Crippen molar-refractivity contribution in [3.63, 3.8) is 0 Å². The van der Waals surface area contributed by atoms with Gasteiger partial charge in [0.05, 0.1) is 6.54 Å². The average molecular weight is 276 g/mol. The SMILES string of the molecule is CNCC(=O)N1CCN(c2cccc(N(C)C)c2)CC1. The van der Waals surface area contributed by atoms with Crippen LogP contribution in [0.1, 0.15) is 0 Å². The van der Waals surface area contributed by atoms with Crippen molar-refractivity contribution in [2.75, 3.05) is 63.7 Å². The third kappa shape index (κ3) is 3.42. The minimum atomic E-state index is 0.189. The molecule has 110 valence electrons. The van der Waals surface area contributed by atoms with Gasteiger partial charge in [0.15, 0.2) is 0 Å². The number of rotatable bonds is 4. The quantitative estimate of drug-likeness (QED) is 0.875. The first-order valence-electron chi connectivity index (χ1n) is 7.06. The maximum atomic E-state index is 11.8. The first-order chi connectivity index (χ1) is 9.61. The van der Waals surface area contributed by atoms with Crippen LogP contribution in [0.2, 0.25) is 0 Å². The molecule has 2 rings (SSSR count). The summed E-state index contributed by atoms with van der Waals surface area (Å²) in [5.74, 6) is 0.189. The van der Waals surface area contributed by atoms with Crippen molar-refractivity contribution in [2.45, 2.75) is 0 Å². The summed E-state index contributed by atoms with van der Waals surface area (Å²) in [6.45, 7) is 3.81. The van der Waals surface area contributed by atoms with Crippen molar-refractivity contribution in [3.8, 4) is 0 Å². The third-order valence-corrected chi connectivity index (χ3v) is 3.67. The normalized spacial score (nSPS) is 15.3. The van der Waals surface area contributed by atoms with Crippen LogP contribution < -0.4 is 15.1 Å². The zero-order chi connectivity index (χ0) is 14.5. The Bertz CT molecular complexity index is 453. The van der Waals surface area contributed by atoms with Gasteiger partial charge in [-0.2, -0.15) is 0 Å². The molecule has 1 aliphatic rings. The summed E-state index contributed by atoms with van der Waals surface area (Å²) < 4.78 is 0. The molecule has 1 heterocycles. The van der Waals surface area contributed by atoms with Gasteiger partial charge >= 0.3 is 0 Å². The van der Waals surface area contributed by atoms with Gasteiger partial charge in [0.25, 0.3) is 0 Å². The summed E-state index contributed by atoms with van der Waals surface area (Å²) in [7, 11) is 5.90. The van der Waals surface area contributed by atoms with Crippen LogP contribution >= 0.6 is 0 Å². The minimum absolute atomic E-state index is 0.189. The molecule has 0 radical (unpaired) electrons. The summed E-state index contributed by atoms with van der Waals surface area (Å²) in [4.78, 5) is 18.2. The monoisotopic (exact) mass is 276 g/mol. The second kappa shape index (κ2) is 6.61. The lowest BCUT2D eigenvalue weighted by Crippen LogP contribution is -2.50. The molecule has 1 aromatic rings. The number of nitrogens with one attached hydrogen (secondary N) is 1. The Labute approximate surface area is 121 Å². The van der Waals surface area contributed by atoms with Crippen LogP contribution in [0.25, 0.3) is 0 Å². The van der Waals surface area contributed by atoms with Crippen molar-refractivity contribution in [1.82, 2.24) is 10.2 Å². The van der Waals surface area contributed by atoms with E-state index in [0.717, 1.165) is 26.2 Å². The zero-order valence-corrected chi connectivity index (χ0v) is 12.6. The molecule has 0 bridgehead atoms. The molecule has 5 nitrogen and oxygen atoms in total. The van der Waals surface area contributed by atoms with Gasteiger partial charge in [0.1, 0.15) is 0 Å². The predicted molar refractivity (Wildman–Crippen MR) is 83.5 cm³/mol. The summed E-state index contributed by atoms with van der Waals surface area (Å²) in [5.41, 5.74) is 2.44. The lowest BCUT2D eigenvalue weighted by atomic mass is 10.2. The van der Waals surface area contributed by atoms with Crippen LogP contribution in [-0.2, 0) is 4.79 Å². The Kier molecular flexibility index (Phi) is 4.84. The molecule has 0 spiro atoms. The van der Waals surface area contributed by atoms with Gasteiger partial charge in [-0.25, -0.2) is 0 Å². The number of amides is 1. The smallest absolute Gasteiger partial charge is 0.236 e. The number of hydrogen-bond donors (Lipinski definition) is 1. The van der Waals surface area contributed by atoms with Crippen LogP contribution in [0.15, 0.2) is 24.3 Å². The van der Waals surface area contributed by atoms with Gasteiger partial charge in [-0.3, -0.25) is 4.79 Å². The second-order valence-electron chi connectivity index (χ2n) is 5.31. The van der Waals surface area contributed by atoms with Gasteiger partial charge in [0, 0.05) is 51.6 Å². The maximum Gasteiger partial charge on any atom is 0.236 e. The molecule has 0 aliphatic carbocycles. The second-order valence-corrected chi connectivity index (χ2v) is 5.31. The molecule has 5 heteroatoms. The number of likely N-dealkylation sites (N-methyl/N-ethyl adjacent to an activating group) is 1. The van der Waals surface area contributed by atoms with Crippen molar-refractivity contribution >= 4 is 17.3 Å². The van der Waals surface area contributed by atoms with Crippen LogP contribution in [0.5, 0.6) is 0 Å².